The number of nitrogens with zero attached hydrogens (tertiary/aromatic N) is 16. The lowest BCUT2D eigenvalue weighted by Crippen LogP contribution is -2.43. The largest absolute Gasteiger partial charge is 0.484 e. The van der Waals surface area contributed by atoms with Crippen molar-refractivity contribution in [2.75, 3.05) is 173 Å². The number of nitrogen functional groups attached to an aromatic ring is 4. The van der Waals surface area contributed by atoms with Crippen LogP contribution in [0, 0.1) is 23.7 Å². The quantitative estimate of drug-likeness (QED) is 0.0222. The molecule has 4 aliphatic heterocycles. The predicted octanol–water partition coefficient (Wildman–Crippen LogP) is 19.4. The van der Waals surface area contributed by atoms with Crippen molar-refractivity contribution in [1.29, 1.82) is 0 Å². The van der Waals surface area contributed by atoms with Gasteiger partial charge in [0.2, 0.25) is 7.37 Å². The molecule has 8 fully saturated rings. The minimum Gasteiger partial charge on any atom is -0.484 e. The highest BCUT2D eigenvalue weighted by atomic mass is 31.2. The van der Waals surface area contributed by atoms with Crippen LogP contribution in [-0.4, -0.2) is 228 Å². The van der Waals surface area contributed by atoms with Gasteiger partial charge in [0.25, 0.3) is 0 Å². The number of fused-ring (bicyclic) bond motifs is 4. The molecule has 12 aromatic rings. The highest BCUT2D eigenvalue weighted by Gasteiger charge is 2.41. The normalized spacial score (nSPS) is 21.5. The molecule has 4 saturated heterocycles. The third kappa shape index (κ3) is 23.5. The average Bonchev–Trinajstić information content (AvgIpc) is 1.62. The molecule has 8 aliphatic rings. The molecule has 2 atom stereocenters. The average molecular weight is 1950 g/mol. The van der Waals surface area contributed by atoms with Crippen LogP contribution in [0.15, 0.2) is 147 Å². The number of benzene rings is 4. The topological polar surface area (TPSA) is 394 Å². The fraction of sp³-hybridized carbons (Fsp3) is 0.520. The number of aryl methyl sites for hydroxylation is 1. The van der Waals surface area contributed by atoms with Crippen molar-refractivity contribution in [1.82, 2.24) is 82.8 Å². The van der Waals surface area contributed by atoms with E-state index in [2.05, 4.69) is 132 Å². The Kier molecular flexibility index (Phi) is 32.3. The van der Waals surface area contributed by atoms with E-state index in [1.54, 1.807) is 32.0 Å². The Hall–Kier alpha value is -9.36. The van der Waals surface area contributed by atoms with Gasteiger partial charge in [-0.05, 0) is 259 Å². The van der Waals surface area contributed by atoms with E-state index in [9.17, 15) is 18.3 Å². The lowest BCUT2D eigenvalue weighted by Gasteiger charge is -2.42. The summed E-state index contributed by atoms with van der Waals surface area (Å²) in [6.45, 7) is 32.0. The van der Waals surface area contributed by atoms with Gasteiger partial charge in [-0.25, -0.2) is 45.0 Å². The number of ether oxygens (including phenoxy) is 2. The van der Waals surface area contributed by atoms with Crippen LogP contribution < -0.4 is 37.5 Å². The molecule has 4 aliphatic carbocycles. The van der Waals surface area contributed by atoms with Gasteiger partial charge >= 0.3 is 22.7 Å². The first-order valence-corrected chi connectivity index (χ1v) is 56.9. The lowest BCUT2D eigenvalue weighted by atomic mass is 9.79. The van der Waals surface area contributed by atoms with Gasteiger partial charge in [0, 0.05) is 111 Å². The minimum atomic E-state index is -3.19. The van der Waals surface area contributed by atoms with Crippen LogP contribution in [-0.2, 0) is 58.0 Å². The number of rotatable bonds is 41. The fourth-order valence-corrected chi connectivity index (χ4v) is 26.3. The zero-order valence-electron chi connectivity index (χ0n) is 80.6. The number of nitrogens with one attached hydrogen (secondary N) is 1. The molecule has 0 amide bonds. The maximum Gasteiger partial charge on any atom is 0.335 e. The van der Waals surface area contributed by atoms with E-state index in [4.69, 9.17) is 59.6 Å². The minimum absolute atomic E-state index is 0.0361. The summed E-state index contributed by atoms with van der Waals surface area (Å²) in [7, 11) is -12.1. The molecule has 9 N–H and O–H groups in total. The van der Waals surface area contributed by atoms with Gasteiger partial charge in [-0.1, -0.05) is 79.7 Å². The van der Waals surface area contributed by atoms with Gasteiger partial charge < -0.3 is 97.4 Å². The van der Waals surface area contributed by atoms with Crippen LogP contribution in [0.4, 0.5) is 23.3 Å². The number of anilines is 4. The molecule has 33 nitrogen and oxygen atoms in total. The number of aromatic nitrogens is 12. The van der Waals surface area contributed by atoms with Crippen LogP contribution >= 0.6 is 30.1 Å². The Balaban J connectivity index is 0.000000127. The molecule has 20 rings (SSSR count). The van der Waals surface area contributed by atoms with Crippen molar-refractivity contribution < 1.29 is 54.9 Å². The summed E-state index contributed by atoms with van der Waals surface area (Å²) < 4.78 is 105. The van der Waals surface area contributed by atoms with Crippen molar-refractivity contribution in [2.45, 2.75) is 162 Å². The molecule has 0 bridgehead atoms. The fourth-order valence-electron chi connectivity index (χ4n) is 20.5. The number of likely N-dealkylation sites (tertiary alicyclic amines) is 4. The van der Waals surface area contributed by atoms with Gasteiger partial charge in [-0.2, -0.15) is 0 Å². The van der Waals surface area contributed by atoms with Crippen LogP contribution in [0.25, 0.3) is 88.6 Å². The first-order valence-electron chi connectivity index (χ1n) is 49.4. The number of nitrogens with two attached hydrogens (primary N) is 4. The summed E-state index contributed by atoms with van der Waals surface area (Å²) in [5, 5.41) is 6.45. The molecule has 4 aromatic carbocycles. The highest BCUT2D eigenvalue weighted by molar-refractivity contribution is 7.58. The maximum atomic E-state index is 13.1. The Morgan fingerprint density at radius 1 is 0.365 bits per heavy atom. The SMILES string of the molecule is CCNP(=O)(COc1cccc(-c2cn(C3CC(CN4CCC4)C3)c3ncnc(N)c23)c1)OCC.CCOP(=O)(CCc1cccc(-c2cn(C3CC(CN4CCC4)C3)c3ncnc(N)c23)c1)OCC.CCOP(=O)(Cc1cccc(-c2cn(C3CC(CN4CCC4)C3)c3ncnc(N)c23)c1)OCC.CCOP(C)(=O)COc1cccc(-c2cn(C3CC(CN4CCC4)C3)c3ncnc(N)c23)c1. The molecule has 734 valence electrons. The van der Waals surface area contributed by atoms with Crippen molar-refractivity contribution in [2.24, 2.45) is 23.7 Å². The van der Waals surface area contributed by atoms with Crippen molar-refractivity contribution in [3.8, 4) is 56.0 Å². The van der Waals surface area contributed by atoms with Gasteiger partial charge in [0.05, 0.1) is 73.5 Å². The first-order chi connectivity index (χ1) is 66.4. The van der Waals surface area contributed by atoms with Gasteiger partial charge in [0.1, 0.15) is 82.7 Å². The summed E-state index contributed by atoms with van der Waals surface area (Å²) in [6, 6.07) is 33.6. The Labute approximate surface area is 804 Å². The monoisotopic (exact) mass is 1950 g/mol. The molecule has 8 aromatic heterocycles. The van der Waals surface area contributed by atoms with E-state index < -0.39 is 30.1 Å². The van der Waals surface area contributed by atoms with Gasteiger partial charge in [-0.3, -0.25) is 18.3 Å². The molecule has 4 saturated carbocycles. The van der Waals surface area contributed by atoms with Crippen LogP contribution in [0.3, 0.4) is 0 Å². The van der Waals surface area contributed by atoms with Gasteiger partial charge in [-0.15, -0.1) is 0 Å². The van der Waals surface area contributed by atoms with Crippen LogP contribution in [0.2, 0.25) is 0 Å². The summed E-state index contributed by atoms with van der Waals surface area (Å²) >= 11 is 0. The zero-order valence-corrected chi connectivity index (χ0v) is 84.2. The number of hydrogen-bond acceptors (Lipinski definition) is 28. The van der Waals surface area contributed by atoms with E-state index in [1.165, 1.54) is 117 Å². The third-order valence-corrected chi connectivity index (χ3v) is 35.4. The van der Waals surface area contributed by atoms with E-state index in [-0.39, 0.29) is 18.9 Å². The second-order valence-corrected chi connectivity index (χ2v) is 46.7. The molecule has 0 spiro atoms. The maximum absolute atomic E-state index is 13.1. The molecule has 0 radical (unpaired) electrons. The smallest absolute Gasteiger partial charge is 0.335 e. The zero-order chi connectivity index (χ0) is 95.5. The molecular formula is C100H137N21O12P4. The molecule has 2 unspecified atom stereocenters. The Morgan fingerprint density at radius 2 is 0.672 bits per heavy atom. The van der Waals surface area contributed by atoms with E-state index >= 15 is 0 Å². The predicted molar refractivity (Wildman–Crippen MR) is 544 cm³/mol. The van der Waals surface area contributed by atoms with Crippen LogP contribution in [0.5, 0.6) is 11.5 Å². The molecular weight excluding hydrogens is 1810 g/mol. The number of hydrogen-bond donors (Lipinski definition) is 5. The third-order valence-electron chi connectivity index (χ3n) is 28.0. The van der Waals surface area contributed by atoms with Crippen molar-refractivity contribution in [3.05, 3.63) is 158 Å². The van der Waals surface area contributed by atoms with E-state index in [0.29, 0.717) is 118 Å². The Morgan fingerprint density at radius 3 is 0.993 bits per heavy atom. The molecule has 12 heterocycles. The van der Waals surface area contributed by atoms with Crippen molar-refractivity contribution >= 4 is 97.5 Å². The van der Waals surface area contributed by atoms with E-state index in [1.807, 2.05) is 121 Å². The standard InChI is InChI=1S/C26H36N5O3P.C25H35N6O3P.C25H34N5O3P.C24H32N5O3P/c1-3-33-35(32,34-4-2)12-9-19-7-5-8-21(13-19)23-17-31(26-24(23)25(27)28-18-29-26)22-14-20(15-22)16-30-10-6-11-30;1-3-29-35(32,34-4-2)17-33-21-8-5-7-19(13-21)22-15-31(25-23(22)24(26)27-16-28-25)20-11-18(12-20)14-30-9-6-10-30;1-3-32-34(31,33-4-2)16-18-7-5-8-20(11-18)22-15-30(25-23(22)24(26)27-17-28-25)21-12-19(13-21)14-29-9-6-10-29;1-3-32-33(2,30)16-31-20-7-4-6-18(12-20)21-14-29(24-22(21)23(25)26-15-27-24)19-10-17(11-19)13-28-8-5-9-28/h5,7-8,13,17-18,20,22H,3-4,6,9-12,14-16H2,1-2H3,(H2,27,28,29);5,7-8,13,15-16,18,20H,3-4,6,9-12,14,17H2,1-2H3,(H,29,32)(H2,26,27,28);5,7-8,11,15,17,19,21H,3-4,6,9-10,12-14,16H2,1-2H3,(H2,26,27,28);4,6-7,12,14-15,17,19H,3,5,8-11,13,16H2,1-2H3,(H2,25,26,27). The van der Waals surface area contributed by atoms with E-state index in [0.717, 1.165) is 162 Å². The van der Waals surface area contributed by atoms with Crippen LogP contribution in [0.1, 0.15) is 161 Å². The second kappa shape index (κ2) is 44.6. The summed E-state index contributed by atoms with van der Waals surface area (Å²) in [5.74, 6) is 6.20. The summed E-state index contributed by atoms with van der Waals surface area (Å²) in [6.07, 6.45) is 30.7. The lowest BCUT2D eigenvalue weighted by molar-refractivity contribution is 0.0921. The first kappa shape index (κ1) is 99.2. The second-order valence-electron chi connectivity index (χ2n) is 37.8. The molecule has 37 heteroatoms. The van der Waals surface area contributed by atoms with Crippen molar-refractivity contribution in [3.63, 3.8) is 0 Å². The summed E-state index contributed by atoms with van der Waals surface area (Å²) in [4.78, 5) is 45.7. The molecule has 137 heavy (non-hydrogen) atoms. The van der Waals surface area contributed by atoms with Gasteiger partial charge in [0.15, 0.2) is 12.7 Å². The summed E-state index contributed by atoms with van der Waals surface area (Å²) in [5.41, 5.74) is 38.9. The Bertz CT molecular complexity index is 6110. The highest BCUT2D eigenvalue weighted by Crippen LogP contribution is 2.55.